The van der Waals surface area contributed by atoms with Crippen molar-refractivity contribution < 1.29 is 47.8 Å². The van der Waals surface area contributed by atoms with Crippen molar-refractivity contribution in [3.63, 3.8) is 0 Å². The molecule has 0 aromatic carbocycles. The zero-order chi connectivity index (χ0) is 51.4. The van der Waals surface area contributed by atoms with Crippen molar-refractivity contribution in [2.45, 2.75) is 259 Å². The first-order valence-corrected chi connectivity index (χ1v) is 25.9. The molecule has 0 spiro atoms. The van der Waals surface area contributed by atoms with Crippen LogP contribution in [0.15, 0.2) is 12.2 Å². The second-order valence-corrected chi connectivity index (χ2v) is 21.0. The molecular weight excluding hydrogens is 869 g/mol. The maximum absolute atomic E-state index is 13.3. The minimum Gasteiger partial charge on any atom is -0.444 e. The van der Waals surface area contributed by atoms with E-state index in [9.17, 15) is 33.6 Å². The average Bonchev–Trinajstić information content (AvgIpc) is 3.21. The van der Waals surface area contributed by atoms with Crippen LogP contribution in [0, 0.1) is 0 Å². The Labute approximate surface area is 410 Å². The number of hydrogen-bond donors (Lipinski definition) is 6. The SMILES string of the molecule is CCCCCCCC/C=C\CCCCCCCC(=O)NC(CCCCNC(=O)C(CCCCNC(=O)C(CCCCNC(=O)OC(C)(C)C)NC(=O)OC(C)(C)C)NC(=O)OC(C)(C)C)C(C)=O. The largest absolute Gasteiger partial charge is 0.444 e. The minimum absolute atomic E-state index is 0.107. The van der Waals surface area contributed by atoms with Crippen molar-refractivity contribution in [2.75, 3.05) is 19.6 Å². The van der Waals surface area contributed by atoms with E-state index in [1.807, 2.05) is 0 Å². The van der Waals surface area contributed by atoms with Gasteiger partial charge in [0.15, 0.2) is 5.78 Å². The van der Waals surface area contributed by atoms with Gasteiger partial charge in [-0.1, -0.05) is 70.4 Å². The molecule has 0 aliphatic carbocycles. The fourth-order valence-electron chi connectivity index (χ4n) is 7.03. The standard InChI is InChI=1S/C52H96N6O10/c1-12-13-14-15-16-17-18-19-20-21-22-23-24-25-26-36-44(60)56-41(40(2)59)33-27-30-37-53-45(61)42(57-48(64)67-51(6,7)8)34-28-31-38-54-46(62)43(58-49(65)68-52(9,10)11)35-29-32-39-55-47(63)66-50(3,4)5/h19-20,41-43H,12-18,21-39H2,1-11H3,(H,53,61)(H,54,62)(H,55,63)(H,56,60)(H,57,64)(H,58,65)/b20-19-. The zero-order valence-corrected chi connectivity index (χ0v) is 44.4. The highest BCUT2D eigenvalue weighted by Crippen LogP contribution is 2.14. The normalized spacial score (nSPS) is 13.2. The van der Waals surface area contributed by atoms with Gasteiger partial charge in [0.05, 0.1) is 6.04 Å². The molecule has 16 nitrogen and oxygen atoms in total. The van der Waals surface area contributed by atoms with Crippen LogP contribution in [0.2, 0.25) is 0 Å². The van der Waals surface area contributed by atoms with E-state index in [1.54, 1.807) is 62.3 Å². The molecule has 394 valence electrons. The Kier molecular flexibility index (Phi) is 34.2. The number of carbonyl (C=O) groups is 7. The lowest BCUT2D eigenvalue weighted by Crippen LogP contribution is -2.49. The first-order chi connectivity index (χ1) is 31.9. The Bertz CT molecular complexity index is 1480. The van der Waals surface area contributed by atoms with Crippen LogP contribution in [0.25, 0.3) is 0 Å². The molecule has 6 N–H and O–H groups in total. The zero-order valence-electron chi connectivity index (χ0n) is 44.4. The maximum Gasteiger partial charge on any atom is 0.408 e. The summed E-state index contributed by atoms with van der Waals surface area (Å²) in [6, 6.07) is -2.38. The van der Waals surface area contributed by atoms with E-state index in [1.165, 1.54) is 51.9 Å². The van der Waals surface area contributed by atoms with Crippen LogP contribution in [0.5, 0.6) is 0 Å². The number of allylic oxidation sites excluding steroid dienone is 2. The number of ether oxygens (including phenoxy) is 3. The van der Waals surface area contributed by atoms with Crippen molar-refractivity contribution in [1.29, 1.82) is 0 Å². The van der Waals surface area contributed by atoms with Crippen molar-refractivity contribution in [2.24, 2.45) is 0 Å². The molecule has 0 aromatic heterocycles. The molecule has 0 radical (unpaired) electrons. The van der Waals surface area contributed by atoms with Gasteiger partial charge < -0.3 is 46.1 Å². The summed E-state index contributed by atoms with van der Waals surface area (Å²) in [5.74, 6) is -1.02. The lowest BCUT2D eigenvalue weighted by molar-refractivity contribution is -0.127. The molecule has 0 aliphatic rings. The van der Waals surface area contributed by atoms with Gasteiger partial charge in [-0.05, 0) is 159 Å². The monoisotopic (exact) mass is 965 g/mol. The third-order valence-electron chi connectivity index (χ3n) is 10.5. The van der Waals surface area contributed by atoms with Gasteiger partial charge in [0.1, 0.15) is 28.9 Å². The summed E-state index contributed by atoms with van der Waals surface area (Å²) in [6.07, 6.45) is 22.6. The number of unbranched alkanes of at least 4 members (excludes halogenated alkanes) is 14. The van der Waals surface area contributed by atoms with E-state index in [0.29, 0.717) is 70.9 Å². The molecule has 0 saturated heterocycles. The first kappa shape index (κ1) is 63.6. The predicted octanol–water partition coefficient (Wildman–Crippen LogP) is 10.2. The second-order valence-electron chi connectivity index (χ2n) is 21.0. The molecule has 0 aromatic rings. The number of alkyl carbamates (subject to hydrolysis) is 3. The molecule has 0 heterocycles. The van der Waals surface area contributed by atoms with E-state index in [4.69, 9.17) is 14.2 Å². The van der Waals surface area contributed by atoms with Gasteiger partial charge in [-0.15, -0.1) is 0 Å². The summed E-state index contributed by atoms with van der Waals surface area (Å²) in [5, 5.41) is 16.7. The molecule has 3 atom stereocenters. The predicted molar refractivity (Wildman–Crippen MR) is 270 cm³/mol. The van der Waals surface area contributed by atoms with Crippen LogP contribution in [-0.2, 0) is 33.4 Å². The Morgan fingerprint density at radius 2 is 0.794 bits per heavy atom. The third-order valence-corrected chi connectivity index (χ3v) is 10.5. The molecule has 6 amide bonds. The lowest BCUT2D eigenvalue weighted by atomic mass is 10.0. The molecule has 0 saturated carbocycles. The second kappa shape index (κ2) is 36.6. The average molecular weight is 965 g/mol. The smallest absolute Gasteiger partial charge is 0.408 e. The van der Waals surface area contributed by atoms with Gasteiger partial charge in [-0.3, -0.25) is 19.2 Å². The van der Waals surface area contributed by atoms with Crippen molar-refractivity contribution >= 4 is 41.8 Å². The van der Waals surface area contributed by atoms with Crippen molar-refractivity contribution in [1.82, 2.24) is 31.9 Å². The molecule has 0 bridgehead atoms. The van der Waals surface area contributed by atoms with Gasteiger partial charge in [-0.25, -0.2) is 14.4 Å². The highest BCUT2D eigenvalue weighted by Gasteiger charge is 2.26. The number of hydrogen-bond acceptors (Lipinski definition) is 10. The molecular formula is C52H96N6O10. The van der Waals surface area contributed by atoms with E-state index in [0.717, 1.165) is 38.5 Å². The number of amides is 6. The van der Waals surface area contributed by atoms with E-state index < -0.39 is 59.1 Å². The van der Waals surface area contributed by atoms with Crippen LogP contribution >= 0.6 is 0 Å². The molecule has 16 heteroatoms. The van der Waals surface area contributed by atoms with Crippen molar-refractivity contribution in [3.8, 4) is 0 Å². The van der Waals surface area contributed by atoms with Gasteiger partial charge in [0.2, 0.25) is 17.7 Å². The highest BCUT2D eigenvalue weighted by atomic mass is 16.6. The Morgan fingerprint density at radius 3 is 1.21 bits per heavy atom. The van der Waals surface area contributed by atoms with Crippen LogP contribution < -0.4 is 31.9 Å². The number of nitrogens with one attached hydrogen (secondary N) is 6. The van der Waals surface area contributed by atoms with Crippen LogP contribution in [-0.4, -0.2) is 96.3 Å². The van der Waals surface area contributed by atoms with Gasteiger partial charge in [0.25, 0.3) is 0 Å². The number of carbonyl (C=O) groups excluding carboxylic acids is 7. The Morgan fingerprint density at radius 1 is 0.426 bits per heavy atom. The van der Waals surface area contributed by atoms with Gasteiger partial charge in [0, 0.05) is 26.1 Å². The summed E-state index contributed by atoms with van der Waals surface area (Å²) in [6.45, 7) is 20.3. The Hall–Kier alpha value is -4.37. The molecule has 3 unspecified atom stereocenters. The molecule has 0 aliphatic heterocycles. The molecule has 0 rings (SSSR count). The fourth-order valence-corrected chi connectivity index (χ4v) is 7.03. The number of Topliss-reactive ketones (excluding diaryl/α,β-unsaturated/α-hetero) is 1. The van der Waals surface area contributed by atoms with Crippen molar-refractivity contribution in [3.05, 3.63) is 12.2 Å². The van der Waals surface area contributed by atoms with Crippen LogP contribution in [0.4, 0.5) is 14.4 Å². The summed E-state index contributed by atoms with van der Waals surface area (Å²) in [4.78, 5) is 88.9. The summed E-state index contributed by atoms with van der Waals surface area (Å²) < 4.78 is 16.0. The quantitative estimate of drug-likeness (QED) is 0.0198. The minimum atomic E-state index is -0.905. The van der Waals surface area contributed by atoms with Crippen LogP contribution in [0.1, 0.15) is 224 Å². The van der Waals surface area contributed by atoms with E-state index in [2.05, 4.69) is 51.0 Å². The number of rotatable bonds is 36. The third kappa shape index (κ3) is 39.6. The highest BCUT2D eigenvalue weighted by molar-refractivity contribution is 5.88. The summed E-state index contributed by atoms with van der Waals surface area (Å²) >= 11 is 0. The Balaban J connectivity index is 4.89. The fraction of sp³-hybridized carbons (Fsp3) is 0.827. The van der Waals surface area contributed by atoms with Gasteiger partial charge >= 0.3 is 18.3 Å². The molecule has 68 heavy (non-hydrogen) atoms. The topological polar surface area (TPSA) is 219 Å². The summed E-state index contributed by atoms with van der Waals surface area (Å²) in [7, 11) is 0. The van der Waals surface area contributed by atoms with E-state index >= 15 is 0 Å². The van der Waals surface area contributed by atoms with E-state index in [-0.39, 0.29) is 30.6 Å². The number of ketones is 1. The summed E-state index contributed by atoms with van der Waals surface area (Å²) in [5.41, 5.74) is -2.16. The first-order valence-electron chi connectivity index (χ1n) is 25.9. The van der Waals surface area contributed by atoms with Gasteiger partial charge in [-0.2, -0.15) is 0 Å². The van der Waals surface area contributed by atoms with Crippen LogP contribution in [0.3, 0.4) is 0 Å². The maximum atomic E-state index is 13.3. The lowest BCUT2D eigenvalue weighted by Gasteiger charge is -2.24. The molecule has 0 fully saturated rings.